The van der Waals surface area contributed by atoms with E-state index in [2.05, 4.69) is 25.2 Å². The SMILES string of the molecule is Cc1oc(COC2CCCC2)cc1CNC(C)C. The molecule has 1 saturated carbocycles. The van der Waals surface area contributed by atoms with Crippen molar-refractivity contribution in [2.24, 2.45) is 0 Å². The molecule has 18 heavy (non-hydrogen) atoms. The average Bonchev–Trinajstić information content (AvgIpc) is 2.93. The van der Waals surface area contributed by atoms with Crippen LogP contribution in [0.4, 0.5) is 0 Å². The molecule has 2 rings (SSSR count). The molecule has 0 unspecified atom stereocenters. The summed E-state index contributed by atoms with van der Waals surface area (Å²) in [6.07, 6.45) is 5.49. The molecule has 1 aliphatic carbocycles. The van der Waals surface area contributed by atoms with E-state index < -0.39 is 0 Å². The first-order valence-electron chi connectivity index (χ1n) is 7.08. The largest absolute Gasteiger partial charge is 0.464 e. The van der Waals surface area contributed by atoms with Gasteiger partial charge in [-0.05, 0) is 25.8 Å². The Kier molecular flexibility index (Phi) is 4.84. The second-order valence-electron chi connectivity index (χ2n) is 5.55. The number of furan rings is 1. The average molecular weight is 251 g/mol. The molecule has 1 N–H and O–H groups in total. The summed E-state index contributed by atoms with van der Waals surface area (Å²) in [5, 5.41) is 3.41. The first kappa shape index (κ1) is 13.6. The molecular weight excluding hydrogens is 226 g/mol. The Morgan fingerprint density at radius 1 is 1.39 bits per heavy atom. The molecule has 0 saturated heterocycles. The topological polar surface area (TPSA) is 34.4 Å². The fraction of sp³-hybridized carbons (Fsp3) is 0.733. The van der Waals surface area contributed by atoms with Gasteiger partial charge in [0.2, 0.25) is 0 Å². The summed E-state index contributed by atoms with van der Waals surface area (Å²) in [5.74, 6) is 1.97. The van der Waals surface area contributed by atoms with E-state index in [-0.39, 0.29) is 0 Å². The van der Waals surface area contributed by atoms with Crippen LogP contribution in [0.2, 0.25) is 0 Å². The van der Waals surface area contributed by atoms with Gasteiger partial charge < -0.3 is 14.5 Å². The minimum absolute atomic E-state index is 0.452. The molecule has 0 radical (unpaired) electrons. The fourth-order valence-corrected chi connectivity index (χ4v) is 2.40. The molecule has 3 heteroatoms. The third-order valence-corrected chi connectivity index (χ3v) is 3.54. The maximum absolute atomic E-state index is 5.87. The van der Waals surface area contributed by atoms with Crippen LogP contribution < -0.4 is 5.32 Å². The Morgan fingerprint density at radius 3 is 2.78 bits per heavy atom. The van der Waals surface area contributed by atoms with Crippen LogP contribution in [0, 0.1) is 6.92 Å². The summed E-state index contributed by atoms with van der Waals surface area (Å²) in [6.45, 7) is 7.82. The van der Waals surface area contributed by atoms with Crippen LogP contribution in [0.3, 0.4) is 0 Å². The Balaban J connectivity index is 1.83. The molecule has 102 valence electrons. The van der Waals surface area contributed by atoms with Crippen LogP contribution in [0.5, 0.6) is 0 Å². The van der Waals surface area contributed by atoms with Crippen molar-refractivity contribution in [2.45, 2.75) is 71.8 Å². The van der Waals surface area contributed by atoms with Crippen molar-refractivity contribution in [1.29, 1.82) is 0 Å². The van der Waals surface area contributed by atoms with Gasteiger partial charge in [0, 0.05) is 18.2 Å². The lowest BCUT2D eigenvalue weighted by Crippen LogP contribution is -2.21. The van der Waals surface area contributed by atoms with E-state index in [9.17, 15) is 0 Å². The maximum Gasteiger partial charge on any atom is 0.130 e. The van der Waals surface area contributed by atoms with Gasteiger partial charge in [-0.1, -0.05) is 26.7 Å². The standard InChI is InChI=1S/C15H25NO2/c1-11(2)16-9-13-8-15(18-12(13)3)10-17-14-6-4-5-7-14/h8,11,14,16H,4-7,9-10H2,1-3H3. The lowest BCUT2D eigenvalue weighted by molar-refractivity contribution is 0.0354. The number of hydrogen-bond acceptors (Lipinski definition) is 3. The van der Waals surface area contributed by atoms with Gasteiger partial charge in [0.05, 0.1) is 6.10 Å². The Bertz CT molecular complexity index is 365. The van der Waals surface area contributed by atoms with Gasteiger partial charge in [-0.3, -0.25) is 0 Å². The highest BCUT2D eigenvalue weighted by Gasteiger charge is 2.16. The van der Waals surface area contributed by atoms with E-state index in [4.69, 9.17) is 9.15 Å². The summed E-state index contributed by atoms with van der Waals surface area (Å²) in [7, 11) is 0. The second kappa shape index (κ2) is 6.39. The van der Waals surface area contributed by atoms with Crippen molar-refractivity contribution >= 4 is 0 Å². The number of ether oxygens (including phenoxy) is 1. The Hall–Kier alpha value is -0.800. The second-order valence-corrected chi connectivity index (χ2v) is 5.55. The van der Waals surface area contributed by atoms with Crippen LogP contribution in [0.1, 0.15) is 56.6 Å². The molecule has 0 aromatic carbocycles. The first-order chi connectivity index (χ1) is 8.65. The van der Waals surface area contributed by atoms with E-state index in [1.54, 1.807) is 0 Å². The monoisotopic (exact) mass is 251 g/mol. The Morgan fingerprint density at radius 2 is 2.11 bits per heavy atom. The van der Waals surface area contributed by atoms with Gasteiger partial charge in [-0.2, -0.15) is 0 Å². The van der Waals surface area contributed by atoms with Crippen LogP contribution >= 0.6 is 0 Å². The predicted molar refractivity (Wildman–Crippen MR) is 72.5 cm³/mol. The highest BCUT2D eigenvalue weighted by Crippen LogP contribution is 2.23. The first-order valence-corrected chi connectivity index (χ1v) is 7.08. The minimum atomic E-state index is 0.452. The molecule has 1 fully saturated rings. The molecule has 0 spiro atoms. The molecule has 0 amide bonds. The Labute approximate surface area is 110 Å². The van der Waals surface area contributed by atoms with Crippen LogP contribution in [0.25, 0.3) is 0 Å². The number of nitrogens with one attached hydrogen (secondary N) is 1. The zero-order chi connectivity index (χ0) is 13.0. The summed E-state index contributed by atoms with van der Waals surface area (Å²) in [5.41, 5.74) is 1.24. The fourth-order valence-electron chi connectivity index (χ4n) is 2.40. The highest BCUT2D eigenvalue weighted by molar-refractivity contribution is 5.20. The van der Waals surface area contributed by atoms with Crippen molar-refractivity contribution in [1.82, 2.24) is 5.32 Å². The van der Waals surface area contributed by atoms with Crippen LogP contribution in [-0.2, 0) is 17.9 Å². The number of hydrogen-bond donors (Lipinski definition) is 1. The molecule has 0 atom stereocenters. The van der Waals surface area contributed by atoms with Gasteiger partial charge in [0.25, 0.3) is 0 Å². The maximum atomic E-state index is 5.87. The van der Waals surface area contributed by atoms with E-state index in [1.807, 2.05) is 6.92 Å². The summed E-state index contributed by atoms with van der Waals surface area (Å²) < 4.78 is 11.6. The van der Waals surface area contributed by atoms with E-state index in [0.717, 1.165) is 18.1 Å². The smallest absolute Gasteiger partial charge is 0.130 e. The van der Waals surface area contributed by atoms with E-state index >= 15 is 0 Å². The zero-order valence-corrected chi connectivity index (χ0v) is 11.8. The molecule has 1 aliphatic rings. The van der Waals surface area contributed by atoms with Crippen molar-refractivity contribution in [3.05, 3.63) is 23.2 Å². The molecule has 3 nitrogen and oxygen atoms in total. The van der Waals surface area contributed by atoms with Crippen molar-refractivity contribution in [3.63, 3.8) is 0 Å². The molecule has 0 aliphatic heterocycles. The zero-order valence-electron chi connectivity index (χ0n) is 11.8. The normalized spacial score (nSPS) is 16.9. The molecular formula is C15H25NO2. The lowest BCUT2D eigenvalue weighted by atomic mass is 10.2. The van der Waals surface area contributed by atoms with Gasteiger partial charge >= 0.3 is 0 Å². The summed E-state index contributed by atoms with van der Waals surface area (Å²) in [6, 6.07) is 2.62. The molecule has 1 aromatic rings. The quantitative estimate of drug-likeness (QED) is 0.839. The number of rotatable bonds is 6. The van der Waals surface area contributed by atoms with Crippen LogP contribution in [0.15, 0.2) is 10.5 Å². The van der Waals surface area contributed by atoms with Crippen molar-refractivity contribution < 1.29 is 9.15 Å². The van der Waals surface area contributed by atoms with E-state index in [0.29, 0.717) is 18.8 Å². The van der Waals surface area contributed by atoms with Crippen molar-refractivity contribution in [3.8, 4) is 0 Å². The van der Waals surface area contributed by atoms with Gasteiger partial charge in [0.1, 0.15) is 18.1 Å². The third kappa shape index (κ3) is 3.85. The lowest BCUT2D eigenvalue weighted by Gasteiger charge is -2.08. The molecule has 1 heterocycles. The van der Waals surface area contributed by atoms with Crippen LogP contribution in [-0.4, -0.2) is 12.1 Å². The van der Waals surface area contributed by atoms with Gasteiger partial charge in [-0.15, -0.1) is 0 Å². The van der Waals surface area contributed by atoms with Gasteiger partial charge in [-0.25, -0.2) is 0 Å². The van der Waals surface area contributed by atoms with E-state index in [1.165, 1.54) is 31.2 Å². The third-order valence-electron chi connectivity index (χ3n) is 3.54. The molecule has 1 aromatic heterocycles. The van der Waals surface area contributed by atoms with Crippen molar-refractivity contribution in [2.75, 3.05) is 0 Å². The minimum Gasteiger partial charge on any atom is -0.464 e. The predicted octanol–water partition coefficient (Wildman–Crippen LogP) is 3.55. The highest BCUT2D eigenvalue weighted by atomic mass is 16.5. The molecule has 0 bridgehead atoms. The number of aryl methyl sites for hydroxylation is 1. The van der Waals surface area contributed by atoms with Gasteiger partial charge in [0.15, 0.2) is 0 Å². The summed E-state index contributed by atoms with van der Waals surface area (Å²) in [4.78, 5) is 0. The summed E-state index contributed by atoms with van der Waals surface area (Å²) >= 11 is 0.